The third-order valence-corrected chi connectivity index (χ3v) is 5.98. The highest BCUT2D eigenvalue weighted by atomic mass is 19.2. The summed E-state index contributed by atoms with van der Waals surface area (Å²) in [5, 5.41) is 0. The molecule has 0 fully saturated rings. The molecule has 0 atom stereocenters. The van der Waals surface area contributed by atoms with Gasteiger partial charge in [0.15, 0.2) is 11.6 Å². The van der Waals surface area contributed by atoms with E-state index in [9.17, 15) is 17.6 Å². The van der Waals surface area contributed by atoms with E-state index in [1.807, 2.05) is 6.07 Å². The monoisotopic (exact) mass is 440 g/mol. The normalized spacial score (nSPS) is 13.0. The molecule has 0 saturated carbocycles. The highest BCUT2D eigenvalue weighted by Crippen LogP contribution is 2.37. The van der Waals surface area contributed by atoms with Gasteiger partial charge in [0.2, 0.25) is 5.82 Å². The molecule has 0 amide bonds. The van der Waals surface area contributed by atoms with Gasteiger partial charge < -0.3 is 4.74 Å². The first kappa shape index (κ1) is 22.1. The molecule has 0 spiro atoms. The first-order valence-electron chi connectivity index (χ1n) is 10.8. The topological polar surface area (TPSA) is 9.23 Å². The summed E-state index contributed by atoms with van der Waals surface area (Å²) in [5.74, 6) is -3.48. The van der Waals surface area contributed by atoms with Crippen molar-refractivity contribution in [1.29, 1.82) is 0 Å². The van der Waals surface area contributed by atoms with Crippen LogP contribution in [0.4, 0.5) is 17.6 Å². The second-order valence-corrected chi connectivity index (χ2v) is 8.06. The maximum absolute atomic E-state index is 14.9. The number of allylic oxidation sites excluding steroid dienone is 1. The fourth-order valence-corrected chi connectivity index (χ4v) is 4.19. The molecular formula is C27H24F4O. The van der Waals surface area contributed by atoms with E-state index in [-0.39, 0.29) is 22.7 Å². The Balaban J connectivity index is 1.69. The van der Waals surface area contributed by atoms with Crippen molar-refractivity contribution in [2.75, 3.05) is 7.11 Å². The summed E-state index contributed by atoms with van der Waals surface area (Å²) in [6.07, 6.45) is 5.79. The lowest BCUT2D eigenvalue weighted by molar-refractivity contribution is 0.372. The lowest BCUT2D eigenvalue weighted by Crippen LogP contribution is -2.04. The average molecular weight is 440 g/mol. The van der Waals surface area contributed by atoms with Gasteiger partial charge in [-0.3, -0.25) is 0 Å². The molecule has 1 nitrogen and oxygen atoms in total. The minimum Gasteiger partial charge on any atom is -0.494 e. The Morgan fingerprint density at radius 1 is 0.812 bits per heavy atom. The molecule has 0 aliphatic heterocycles. The Hall–Kier alpha value is -3.08. The van der Waals surface area contributed by atoms with Crippen molar-refractivity contribution in [2.24, 2.45) is 0 Å². The summed E-state index contributed by atoms with van der Waals surface area (Å²) in [4.78, 5) is 0. The van der Waals surface area contributed by atoms with Gasteiger partial charge in [-0.15, -0.1) is 0 Å². The molecule has 1 aliphatic rings. The summed E-state index contributed by atoms with van der Waals surface area (Å²) in [5.41, 5.74) is 3.54. The van der Waals surface area contributed by atoms with Crippen LogP contribution in [0.2, 0.25) is 0 Å². The second kappa shape index (κ2) is 9.19. The zero-order chi connectivity index (χ0) is 22.8. The van der Waals surface area contributed by atoms with Crippen LogP contribution in [0.3, 0.4) is 0 Å². The van der Waals surface area contributed by atoms with Crippen molar-refractivity contribution in [3.8, 4) is 16.9 Å². The van der Waals surface area contributed by atoms with Gasteiger partial charge in [0.25, 0.3) is 0 Å². The Bertz CT molecular complexity index is 1200. The number of unbranched alkanes of at least 4 members (excludes halogenated alkanes) is 1. The quantitative estimate of drug-likeness (QED) is 0.356. The molecule has 1 aliphatic carbocycles. The SMILES string of the molecule is CCCCc1ccc(C2=Cc3cc(F)c(-c4ccc(OC)c(F)c4F)cc3CC2)c(F)c1. The van der Waals surface area contributed by atoms with E-state index >= 15 is 0 Å². The molecule has 0 saturated heterocycles. The molecule has 166 valence electrons. The highest BCUT2D eigenvalue weighted by molar-refractivity contribution is 5.85. The van der Waals surface area contributed by atoms with Crippen LogP contribution in [0.25, 0.3) is 22.8 Å². The first-order chi connectivity index (χ1) is 15.4. The standard InChI is InChI=1S/C27H24F4O/c1-3-4-5-16-6-9-20(23(28)12-16)18-8-7-17-14-22(24(29)15-19(17)13-18)21-10-11-25(32-2)27(31)26(21)30/h6,9-15H,3-5,7-8H2,1-2H3. The minimum atomic E-state index is -1.15. The summed E-state index contributed by atoms with van der Waals surface area (Å²) in [6.45, 7) is 2.10. The average Bonchev–Trinajstić information content (AvgIpc) is 2.79. The number of aryl methyl sites for hydroxylation is 2. The smallest absolute Gasteiger partial charge is 0.201 e. The number of hydrogen-bond acceptors (Lipinski definition) is 1. The van der Waals surface area contributed by atoms with Crippen molar-refractivity contribution >= 4 is 11.6 Å². The van der Waals surface area contributed by atoms with Crippen LogP contribution < -0.4 is 4.74 Å². The van der Waals surface area contributed by atoms with Gasteiger partial charge in [0, 0.05) is 16.7 Å². The molecule has 4 rings (SSSR count). The maximum Gasteiger partial charge on any atom is 0.201 e. The molecule has 5 heteroatoms. The van der Waals surface area contributed by atoms with Crippen LogP contribution in [0, 0.1) is 23.3 Å². The predicted octanol–water partition coefficient (Wildman–Crippen LogP) is 7.75. The van der Waals surface area contributed by atoms with Crippen molar-refractivity contribution in [3.05, 3.63) is 88.0 Å². The zero-order valence-electron chi connectivity index (χ0n) is 18.1. The maximum atomic E-state index is 14.9. The molecule has 0 aromatic heterocycles. The van der Waals surface area contributed by atoms with E-state index in [4.69, 9.17) is 4.74 Å². The van der Waals surface area contributed by atoms with Gasteiger partial charge in [0.1, 0.15) is 11.6 Å². The molecule has 0 bridgehead atoms. The molecule has 32 heavy (non-hydrogen) atoms. The third kappa shape index (κ3) is 4.16. The van der Waals surface area contributed by atoms with Crippen LogP contribution >= 0.6 is 0 Å². The van der Waals surface area contributed by atoms with Crippen molar-refractivity contribution in [1.82, 2.24) is 0 Å². The lowest BCUT2D eigenvalue weighted by Gasteiger charge is -2.19. The van der Waals surface area contributed by atoms with E-state index in [1.165, 1.54) is 25.3 Å². The van der Waals surface area contributed by atoms with E-state index < -0.39 is 17.5 Å². The number of benzene rings is 3. The molecule has 3 aromatic carbocycles. The number of methoxy groups -OCH3 is 1. The van der Waals surface area contributed by atoms with Crippen LogP contribution in [0.15, 0.2) is 42.5 Å². The number of fused-ring (bicyclic) bond motifs is 1. The molecular weight excluding hydrogens is 416 g/mol. The molecule has 0 radical (unpaired) electrons. The van der Waals surface area contributed by atoms with Gasteiger partial charge in [-0.25, -0.2) is 13.2 Å². The van der Waals surface area contributed by atoms with Crippen molar-refractivity contribution < 1.29 is 22.3 Å². The number of hydrogen-bond donors (Lipinski definition) is 0. The summed E-state index contributed by atoms with van der Waals surface area (Å²) < 4.78 is 63.1. The number of halogens is 4. The minimum absolute atomic E-state index is 0.00823. The highest BCUT2D eigenvalue weighted by Gasteiger charge is 2.21. The largest absolute Gasteiger partial charge is 0.494 e. The van der Waals surface area contributed by atoms with E-state index in [2.05, 4.69) is 6.92 Å². The summed E-state index contributed by atoms with van der Waals surface area (Å²) >= 11 is 0. The molecule has 0 N–H and O–H groups in total. The van der Waals surface area contributed by atoms with Gasteiger partial charge in [-0.05, 0) is 78.3 Å². The van der Waals surface area contributed by atoms with Gasteiger partial charge in [0.05, 0.1) is 7.11 Å². The molecule has 0 unspecified atom stereocenters. The van der Waals surface area contributed by atoms with Gasteiger partial charge >= 0.3 is 0 Å². The predicted molar refractivity (Wildman–Crippen MR) is 120 cm³/mol. The van der Waals surface area contributed by atoms with Crippen LogP contribution in [-0.4, -0.2) is 7.11 Å². The van der Waals surface area contributed by atoms with Gasteiger partial charge in [-0.1, -0.05) is 31.6 Å². The van der Waals surface area contributed by atoms with E-state index in [0.717, 1.165) is 36.0 Å². The Labute approximate surface area is 185 Å². The first-order valence-corrected chi connectivity index (χ1v) is 10.8. The van der Waals surface area contributed by atoms with Gasteiger partial charge in [-0.2, -0.15) is 4.39 Å². The van der Waals surface area contributed by atoms with Crippen LogP contribution in [0.5, 0.6) is 5.75 Å². The fourth-order valence-electron chi connectivity index (χ4n) is 4.19. The van der Waals surface area contributed by atoms with Crippen molar-refractivity contribution in [2.45, 2.75) is 39.0 Å². The molecule has 3 aromatic rings. The Kier molecular flexibility index (Phi) is 6.35. The Morgan fingerprint density at radius 3 is 2.28 bits per heavy atom. The van der Waals surface area contributed by atoms with Crippen LogP contribution in [-0.2, 0) is 12.8 Å². The van der Waals surface area contributed by atoms with Crippen LogP contribution in [0.1, 0.15) is 48.4 Å². The fraction of sp³-hybridized carbons (Fsp3) is 0.259. The third-order valence-electron chi connectivity index (χ3n) is 5.98. The number of ether oxygens (including phenoxy) is 1. The number of rotatable bonds is 6. The van der Waals surface area contributed by atoms with E-state index in [1.54, 1.807) is 24.3 Å². The van der Waals surface area contributed by atoms with Crippen molar-refractivity contribution in [3.63, 3.8) is 0 Å². The zero-order valence-corrected chi connectivity index (χ0v) is 18.1. The summed E-state index contributed by atoms with van der Waals surface area (Å²) in [6, 6.07) is 10.7. The summed E-state index contributed by atoms with van der Waals surface area (Å²) in [7, 11) is 1.24. The Morgan fingerprint density at radius 2 is 1.56 bits per heavy atom. The second-order valence-electron chi connectivity index (χ2n) is 8.06. The lowest BCUT2D eigenvalue weighted by atomic mass is 9.86. The van der Waals surface area contributed by atoms with E-state index in [0.29, 0.717) is 24.0 Å². The molecule has 0 heterocycles.